The van der Waals surface area contributed by atoms with E-state index in [0.29, 0.717) is 18.7 Å². The quantitative estimate of drug-likeness (QED) is 0.493. The SMILES string of the molecule is Cc1cccc(-n2nc(C(C)C)c3c(N4CCC5C(CCN5C(=O)OC(C)(C)C)C4)cc(C(=O)O)nc32)c1. The number of piperidine rings is 1. The molecular formula is C29H37N5O4. The number of carboxylic acids is 1. The molecule has 2 aromatic heterocycles. The Labute approximate surface area is 223 Å². The van der Waals surface area contributed by atoms with Crippen LogP contribution in [0.2, 0.25) is 0 Å². The van der Waals surface area contributed by atoms with Gasteiger partial charge < -0.3 is 19.6 Å². The number of aromatic carboxylic acids is 1. The highest BCUT2D eigenvalue weighted by atomic mass is 16.6. The van der Waals surface area contributed by atoms with Crippen LogP contribution in [0.15, 0.2) is 30.3 Å². The molecule has 0 radical (unpaired) electrons. The van der Waals surface area contributed by atoms with Crippen LogP contribution < -0.4 is 4.90 Å². The van der Waals surface area contributed by atoms with Crippen LogP contribution in [0.5, 0.6) is 0 Å². The van der Waals surface area contributed by atoms with E-state index >= 15 is 0 Å². The fourth-order valence-corrected chi connectivity index (χ4v) is 5.78. The van der Waals surface area contributed by atoms with Gasteiger partial charge in [-0.2, -0.15) is 5.10 Å². The van der Waals surface area contributed by atoms with E-state index < -0.39 is 11.6 Å². The number of aromatic nitrogens is 3. The molecule has 2 fully saturated rings. The second-order valence-electron chi connectivity index (χ2n) is 11.8. The van der Waals surface area contributed by atoms with Gasteiger partial charge in [0, 0.05) is 25.7 Å². The number of ether oxygens (including phenoxy) is 1. The van der Waals surface area contributed by atoms with Crippen LogP contribution in [0.3, 0.4) is 0 Å². The van der Waals surface area contributed by atoms with Crippen LogP contribution in [0.4, 0.5) is 10.5 Å². The summed E-state index contributed by atoms with van der Waals surface area (Å²) in [6.07, 6.45) is 1.43. The van der Waals surface area contributed by atoms with E-state index in [1.807, 2.05) is 56.9 Å². The first-order valence-corrected chi connectivity index (χ1v) is 13.4. The third-order valence-electron chi connectivity index (χ3n) is 7.46. The van der Waals surface area contributed by atoms with Crippen LogP contribution in [0, 0.1) is 12.8 Å². The van der Waals surface area contributed by atoms with Gasteiger partial charge in [-0.05, 0) is 76.1 Å². The number of pyridine rings is 1. The topological polar surface area (TPSA) is 101 Å². The molecule has 2 atom stereocenters. The maximum Gasteiger partial charge on any atom is 0.410 e. The van der Waals surface area contributed by atoms with E-state index in [2.05, 4.69) is 23.7 Å². The normalized spacial score (nSPS) is 19.8. The Kier molecular flexibility index (Phi) is 6.57. The molecule has 2 saturated heterocycles. The number of hydrogen-bond donors (Lipinski definition) is 1. The molecule has 9 nitrogen and oxygen atoms in total. The second kappa shape index (κ2) is 9.60. The summed E-state index contributed by atoms with van der Waals surface area (Å²) in [4.78, 5) is 33.7. The number of likely N-dealkylation sites (tertiary alicyclic amines) is 1. The van der Waals surface area contributed by atoms with Gasteiger partial charge >= 0.3 is 12.1 Å². The predicted octanol–water partition coefficient (Wildman–Crippen LogP) is 5.39. The van der Waals surface area contributed by atoms with Crippen molar-refractivity contribution in [2.24, 2.45) is 5.92 Å². The summed E-state index contributed by atoms with van der Waals surface area (Å²) in [5.74, 6) is -0.670. The number of hydrogen-bond acceptors (Lipinski definition) is 6. The Balaban J connectivity index is 1.55. The molecule has 0 bridgehead atoms. The highest BCUT2D eigenvalue weighted by Gasteiger charge is 2.42. The molecule has 2 aliphatic heterocycles. The lowest BCUT2D eigenvalue weighted by Crippen LogP contribution is -2.48. The van der Waals surface area contributed by atoms with Gasteiger partial charge in [0.1, 0.15) is 5.60 Å². The molecule has 1 N–H and O–H groups in total. The van der Waals surface area contributed by atoms with Gasteiger partial charge in [-0.15, -0.1) is 0 Å². The first kappa shape index (κ1) is 26.0. The number of amides is 1. The minimum atomic E-state index is -1.07. The van der Waals surface area contributed by atoms with Gasteiger partial charge in [-0.25, -0.2) is 19.3 Å². The Morgan fingerprint density at radius 3 is 2.55 bits per heavy atom. The van der Waals surface area contributed by atoms with Crippen molar-refractivity contribution in [3.8, 4) is 5.69 Å². The van der Waals surface area contributed by atoms with Crippen LogP contribution in [-0.4, -0.2) is 68.1 Å². The van der Waals surface area contributed by atoms with Crippen LogP contribution in [-0.2, 0) is 4.74 Å². The van der Waals surface area contributed by atoms with Gasteiger partial charge in [0.2, 0.25) is 0 Å². The van der Waals surface area contributed by atoms with E-state index in [9.17, 15) is 14.7 Å². The fourth-order valence-electron chi connectivity index (χ4n) is 5.78. The summed E-state index contributed by atoms with van der Waals surface area (Å²) in [5.41, 5.74) is 3.71. The Morgan fingerprint density at radius 2 is 1.89 bits per heavy atom. The number of fused-ring (bicyclic) bond motifs is 2. The monoisotopic (exact) mass is 519 g/mol. The summed E-state index contributed by atoms with van der Waals surface area (Å²) in [7, 11) is 0. The third-order valence-corrected chi connectivity index (χ3v) is 7.46. The Bertz CT molecular complexity index is 1390. The Morgan fingerprint density at radius 1 is 1.13 bits per heavy atom. The summed E-state index contributed by atoms with van der Waals surface area (Å²) in [5, 5.41) is 15.8. The van der Waals surface area contributed by atoms with Crippen molar-refractivity contribution in [1.29, 1.82) is 0 Å². The number of anilines is 1. The third kappa shape index (κ3) is 4.81. The van der Waals surface area contributed by atoms with Gasteiger partial charge in [0.25, 0.3) is 0 Å². The molecule has 3 aromatic rings. The van der Waals surface area contributed by atoms with Crippen LogP contribution >= 0.6 is 0 Å². The second-order valence-corrected chi connectivity index (χ2v) is 11.8. The molecule has 0 spiro atoms. The molecule has 5 rings (SSSR count). The highest BCUT2D eigenvalue weighted by Crippen LogP contribution is 2.39. The minimum Gasteiger partial charge on any atom is -0.477 e. The maximum absolute atomic E-state index is 12.8. The summed E-state index contributed by atoms with van der Waals surface area (Å²) < 4.78 is 7.44. The average Bonchev–Trinajstić information content (AvgIpc) is 3.44. The smallest absolute Gasteiger partial charge is 0.410 e. The zero-order valence-electron chi connectivity index (χ0n) is 23.1. The number of benzene rings is 1. The molecule has 1 amide bonds. The number of carboxylic acid groups (broad SMARTS) is 1. The standard InChI is InChI=1S/C29H37N5O4/c1-17(2)25-24-23(32-12-11-22-19(16-32)10-13-33(22)28(37)38-29(4,5)6)15-21(27(35)36)30-26(24)34(31-25)20-9-7-8-18(3)14-20/h7-9,14-15,17,19,22H,10-13,16H2,1-6H3,(H,35,36). The summed E-state index contributed by atoms with van der Waals surface area (Å²) >= 11 is 0. The maximum atomic E-state index is 12.8. The van der Waals surface area contributed by atoms with E-state index in [4.69, 9.17) is 9.84 Å². The molecule has 2 unspecified atom stereocenters. The van der Waals surface area contributed by atoms with Crippen molar-refractivity contribution in [1.82, 2.24) is 19.7 Å². The van der Waals surface area contributed by atoms with Crippen molar-refractivity contribution in [3.05, 3.63) is 47.3 Å². The highest BCUT2D eigenvalue weighted by molar-refractivity contribution is 5.98. The summed E-state index contributed by atoms with van der Waals surface area (Å²) in [6.45, 7) is 14.0. The molecule has 0 saturated carbocycles. The van der Waals surface area contributed by atoms with Crippen molar-refractivity contribution < 1.29 is 19.4 Å². The van der Waals surface area contributed by atoms with Crippen LogP contribution in [0.1, 0.15) is 75.1 Å². The fraction of sp³-hybridized carbons (Fsp3) is 0.517. The largest absolute Gasteiger partial charge is 0.477 e. The van der Waals surface area contributed by atoms with Crippen molar-refractivity contribution in [2.75, 3.05) is 24.5 Å². The first-order chi connectivity index (χ1) is 17.9. The van der Waals surface area contributed by atoms with Gasteiger partial charge in [0.05, 0.1) is 22.5 Å². The van der Waals surface area contributed by atoms with Crippen molar-refractivity contribution in [3.63, 3.8) is 0 Å². The zero-order chi connectivity index (χ0) is 27.4. The molecule has 2 aliphatic rings. The molecule has 0 aliphatic carbocycles. The molecule has 4 heterocycles. The molecule has 9 heteroatoms. The van der Waals surface area contributed by atoms with E-state index in [-0.39, 0.29) is 29.7 Å². The lowest BCUT2D eigenvalue weighted by atomic mass is 9.92. The zero-order valence-corrected chi connectivity index (χ0v) is 23.1. The van der Waals surface area contributed by atoms with E-state index in [1.165, 1.54) is 0 Å². The van der Waals surface area contributed by atoms with E-state index in [0.717, 1.165) is 47.4 Å². The number of carbonyl (C=O) groups excluding carboxylic acids is 1. The first-order valence-electron chi connectivity index (χ1n) is 13.4. The molecule has 38 heavy (non-hydrogen) atoms. The van der Waals surface area contributed by atoms with Crippen LogP contribution in [0.25, 0.3) is 16.7 Å². The summed E-state index contributed by atoms with van der Waals surface area (Å²) in [6, 6.07) is 9.80. The number of nitrogens with zero attached hydrogens (tertiary/aromatic N) is 5. The average molecular weight is 520 g/mol. The molecule has 1 aromatic carbocycles. The molecular weight excluding hydrogens is 482 g/mol. The lowest BCUT2D eigenvalue weighted by Gasteiger charge is -2.39. The van der Waals surface area contributed by atoms with E-state index in [1.54, 1.807) is 10.7 Å². The van der Waals surface area contributed by atoms with Gasteiger partial charge in [-0.3, -0.25) is 0 Å². The Hall–Kier alpha value is -3.62. The lowest BCUT2D eigenvalue weighted by molar-refractivity contribution is 0.0194. The van der Waals surface area contributed by atoms with Crippen molar-refractivity contribution >= 4 is 28.8 Å². The number of aryl methyl sites for hydroxylation is 1. The molecule has 202 valence electrons. The predicted molar refractivity (Wildman–Crippen MR) is 146 cm³/mol. The number of rotatable bonds is 4. The minimum absolute atomic E-state index is 0.000496. The van der Waals surface area contributed by atoms with Crippen molar-refractivity contribution in [2.45, 2.75) is 71.9 Å². The van der Waals surface area contributed by atoms with Gasteiger partial charge in [-0.1, -0.05) is 26.0 Å². The number of carbonyl (C=O) groups is 2. The van der Waals surface area contributed by atoms with Gasteiger partial charge in [0.15, 0.2) is 11.3 Å².